The second kappa shape index (κ2) is 11.1. The summed E-state index contributed by atoms with van der Waals surface area (Å²) in [6.07, 6.45) is 0.964. The molecule has 0 bridgehead atoms. The molecule has 1 aliphatic heterocycles. The lowest BCUT2D eigenvalue weighted by molar-refractivity contribution is -0.133. The topological polar surface area (TPSA) is 73.6 Å². The molecule has 1 aliphatic rings. The Morgan fingerprint density at radius 2 is 1.74 bits per heavy atom. The van der Waals surface area contributed by atoms with Crippen LogP contribution in [-0.2, 0) is 14.9 Å². The van der Waals surface area contributed by atoms with Crippen LogP contribution in [0.4, 0.5) is 9.18 Å². The predicted octanol–water partition coefficient (Wildman–Crippen LogP) is 6.73. The van der Waals surface area contributed by atoms with Crippen LogP contribution in [0.5, 0.6) is 0 Å². The van der Waals surface area contributed by atoms with Crippen LogP contribution >= 0.6 is 0 Å². The highest BCUT2D eigenvalue weighted by Gasteiger charge is 2.41. The van der Waals surface area contributed by atoms with Crippen LogP contribution in [0, 0.1) is 17.1 Å². The lowest BCUT2D eigenvalue weighted by Gasteiger charge is -2.43. The Kier molecular flexibility index (Phi) is 7.96. The van der Waals surface area contributed by atoms with Crippen LogP contribution in [0.1, 0.15) is 69.7 Å². The van der Waals surface area contributed by atoms with Gasteiger partial charge in [-0.05, 0) is 86.7 Å². The molecule has 1 unspecified atom stereocenters. The van der Waals surface area contributed by atoms with E-state index in [-0.39, 0.29) is 30.3 Å². The first-order chi connectivity index (χ1) is 18.4. The summed E-state index contributed by atoms with van der Waals surface area (Å²) < 4.78 is 19.4. The van der Waals surface area contributed by atoms with Crippen molar-refractivity contribution in [3.8, 4) is 6.07 Å². The number of likely N-dealkylation sites (tertiary alicyclic amines) is 1. The number of fused-ring (bicyclic) bond motifs is 1. The highest BCUT2D eigenvalue weighted by Crippen LogP contribution is 2.40. The lowest BCUT2D eigenvalue weighted by Crippen LogP contribution is -2.48. The third-order valence-corrected chi connectivity index (χ3v) is 7.77. The van der Waals surface area contributed by atoms with E-state index >= 15 is 0 Å². The van der Waals surface area contributed by atoms with Crippen molar-refractivity contribution in [2.75, 3.05) is 20.1 Å². The molecule has 4 rings (SSSR count). The van der Waals surface area contributed by atoms with Crippen LogP contribution in [-0.4, -0.2) is 47.5 Å². The van der Waals surface area contributed by atoms with E-state index in [0.29, 0.717) is 31.5 Å². The zero-order valence-corrected chi connectivity index (χ0v) is 23.3. The number of nitriles is 1. The third-order valence-electron chi connectivity index (χ3n) is 7.77. The summed E-state index contributed by atoms with van der Waals surface area (Å²) in [5, 5.41) is 11.5. The summed E-state index contributed by atoms with van der Waals surface area (Å²) in [5.41, 5.74) is 1.21. The van der Waals surface area contributed by atoms with E-state index in [1.807, 2.05) is 64.1 Å². The molecule has 0 aliphatic carbocycles. The molecular weight excluding hydrogens is 493 g/mol. The molecule has 0 aromatic heterocycles. The van der Waals surface area contributed by atoms with Gasteiger partial charge in [-0.3, -0.25) is 4.79 Å². The van der Waals surface area contributed by atoms with Gasteiger partial charge in [0.05, 0.1) is 17.7 Å². The molecule has 0 N–H and O–H groups in total. The van der Waals surface area contributed by atoms with Gasteiger partial charge < -0.3 is 14.5 Å². The van der Waals surface area contributed by atoms with E-state index in [2.05, 4.69) is 6.07 Å². The summed E-state index contributed by atoms with van der Waals surface area (Å²) >= 11 is 0. The number of ether oxygens (including phenoxy) is 1. The van der Waals surface area contributed by atoms with E-state index < -0.39 is 11.0 Å². The molecule has 2 amide bonds. The molecule has 3 aromatic carbocycles. The molecule has 0 radical (unpaired) electrons. The van der Waals surface area contributed by atoms with Gasteiger partial charge in [-0.25, -0.2) is 9.18 Å². The number of amides is 2. The van der Waals surface area contributed by atoms with Gasteiger partial charge in [0.25, 0.3) is 0 Å². The Morgan fingerprint density at radius 3 is 2.36 bits per heavy atom. The Balaban J connectivity index is 1.59. The van der Waals surface area contributed by atoms with Gasteiger partial charge in [-0.15, -0.1) is 0 Å². The number of rotatable bonds is 5. The van der Waals surface area contributed by atoms with E-state index in [0.717, 1.165) is 21.9 Å². The van der Waals surface area contributed by atoms with Gasteiger partial charge in [0.1, 0.15) is 11.4 Å². The molecule has 204 valence electrons. The SMILES string of the molecule is CC(c1cc(C#N)cc2ccccc12)N(C)C(=O)CC1(c2ccc(F)cc2)CCN(C(=O)OC(C)(C)C)CC1. The molecule has 1 atom stereocenters. The Morgan fingerprint density at radius 1 is 1.10 bits per heavy atom. The van der Waals surface area contributed by atoms with Crippen molar-refractivity contribution in [3.05, 3.63) is 83.2 Å². The van der Waals surface area contributed by atoms with E-state index in [9.17, 15) is 19.2 Å². The van der Waals surface area contributed by atoms with E-state index in [1.54, 1.807) is 29.0 Å². The minimum atomic E-state index is -0.593. The monoisotopic (exact) mass is 529 g/mol. The van der Waals surface area contributed by atoms with Crippen LogP contribution in [0.25, 0.3) is 10.8 Å². The quantitative estimate of drug-likeness (QED) is 0.367. The molecule has 3 aromatic rings. The minimum Gasteiger partial charge on any atom is -0.444 e. The molecule has 6 nitrogen and oxygen atoms in total. The molecule has 7 heteroatoms. The van der Waals surface area contributed by atoms with Gasteiger partial charge in [0.2, 0.25) is 5.91 Å². The Labute approximate surface area is 230 Å². The van der Waals surface area contributed by atoms with E-state index in [1.165, 1.54) is 12.1 Å². The van der Waals surface area contributed by atoms with Crippen LogP contribution < -0.4 is 0 Å². The van der Waals surface area contributed by atoms with Gasteiger partial charge in [-0.1, -0.05) is 36.4 Å². The first-order valence-corrected chi connectivity index (χ1v) is 13.3. The Bertz CT molecular complexity index is 1400. The van der Waals surface area contributed by atoms with Crippen LogP contribution in [0.15, 0.2) is 60.7 Å². The number of hydrogen-bond donors (Lipinski definition) is 0. The summed E-state index contributed by atoms with van der Waals surface area (Å²) in [5.74, 6) is -0.384. The predicted molar refractivity (Wildman–Crippen MR) is 150 cm³/mol. The van der Waals surface area contributed by atoms with Gasteiger partial charge in [-0.2, -0.15) is 5.26 Å². The molecule has 39 heavy (non-hydrogen) atoms. The van der Waals surface area contributed by atoms with Crippen molar-refractivity contribution in [3.63, 3.8) is 0 Å². The van der Waals surface area contributed by atoms with Gasteiger partial charge in [0.15, 0.2) is 0 Å². The molecular formula is C32H36FN3O3. The summed E-state index contributed by atoms with van der Waals surface area (Å²) in [4.78, 5) is 30.0. The molecule has 1 heterocycles. The lowest BCUT2D eigenvalue weighted by atomic mass is 9.70. The molecule has 1 saturated heterocycles. The van der Waals surface area contributed by atoms with Crippen molar-refractivity contribution in [2.45, 2.75) is 64.0 Å². The fraction of sp³-hybridized carbons (Fsp3) is 0.406. The fourth-order valence-corrected chi connectivity index (χ4v) is 5.40. The summed E-state index contributed by atoms with van der Waals surface area (Å²) in [6.45, 7) is 8.35. The van der Waals surface area contributed by atoms with Gasteiger partial charge >= 0.3 is 6.09 Å². The maximum atomic E-state index is 13.8. The Hall–Kier alpha value is -3.92. The second-order valence-electron chi connectivity index (χ2n) is 11.5. The number of halogens is 1. The smallest absolute Gasteiger partial charge is 0.410 e. The normalized spacial score (nSPS) is 15.9. The van der Waals surface area contributed by atoms with Crippen LogP contribution in [0.2, 0.25) is 0 Å². The number of piperidine rings is 1. The van der Waals surface area contributed by atoms with Crippen molar-refractivity contribution in [2.24, 2.45) is 0 Å². The zero-order chi connectivity index (χ0) is 28.4. The summed E-state index contributed by atoms with van der Waals surface area (Å²) in [6, 6.07) is 19.9. The van der Waals surface area contributed by atoms with Crippen molar-refractivity contribution >= 4 is 22.8 Å². The minimum absolute atomic E-state index is 0.0519. The zero-order valence-electron chi connectivity index (χ0n) is 23.3. The van der Waals surface area contributed by atoms with Crippen LogP contribution in [0.3, 0.4) is 0 Å². The largest absolute Gasteiger partial charge is 0.444 e. The van der Waals surface area contributed by atoms with E-state index in [4.69, 9.17) is 4.74 Å². The first kappa shape index (κ1) is 28.1. The maximum Gasteiger partial charge on any atom is 0.410 e. The number of hydrogen-bond acceptors (Lipinski definition) is 4. The number of carbonyl (C=O) groups is 2. The molecule has 0 spiro atoms. The average Bonchev–Trinajstić information content (AvgIpc) is 2.91. The third kappa shape index (κ3) is 6.22. The molecule has 1 fully saturated rings. The van der Waals surface area contributed by atoms with Crippen molar-refractivity contribution in [1.29, 1.82) is 5.26 Å². The first-order valence-electron chi connectivity index (χ1n) is 13.3. The standard InChI is InChI=1S/C32H36FN3O3/c1-22(28-19-23(21-34)18-24-8-6-7-9-27(24)28)35(5)29(37)20-32(25-10-12-26(33)13-11-25)14-16-36(17-15-32)30(38)39-31(2,3)4/h6-13,18-19,22H,14-17,20H2,1-5H3. The maximum absolute atomic E-state index is 13.8. The van der Waals surface area contributed by atoms with Crippen molar-refractivity contribution < 1.29 is 18.7 Å². The average molecular weight is 530 g/mol. The second-order valence-corrected chi connectivity index (χ2v) is 11.5. The van der Waals surface area contributed by atoms with Crippen molar-refractivity contribution in [1.82, 2.24) is 9.80 Å². The fourth-order valence-electron chi connectivity index (χ4n) is 5.40. The highest BCUT2D eigenvalue weighted by atomic mass is 19.1. The highest BCUT2D eigenvalue weighted by molar-refractivity contribution is 5.88. The number of benzene rings is 3. The number of carbonyl (C=O) groups excluding carboxylic acids is 2. The summed E-state index contributed by atoms with van der Waals surface area (Å²) in [7, 11) is 1.79. The number of nitrogens with zero attached hydrogens (tertiary/aromatic N) is 3. The van der Waals surface area contributed by atoms with Gasteiger partial charge in [0, 0.05) is 32.0 Å². The molecule has 0 saturated carbocycles.